The molecule has 1 aromatic carbocycles. The molecule has 1 atom stereocenters. The molecule has 2 rings (SSSR count). The second kappa shape index (κ2) is 6.95. The molecule has 0 saturated heterocycles. The first-order chi connectivity index (χ1) is 10.0. The topological polar surface area (TPSA) is 66.9 Å². The molecule has 0 aliphatic carbocycles. The SMILES string of the molecule is CC(=O)Nc1cccc(C(C)NCc2ccnc(C)n2)c1. The second-order valence-corrected chi connectivity index (χ2v) is 5.00. The number of carbonyl (C=O) groups excluding carboxylic acids is 1. The van der Waals surface area contributed by atoms with Crippen LogP contribution < -0.4 is 10.6 Å². The third kappa shape index (κ3) is 4.65. The third-order valence-corrected chi connectivity index (χ3v) is 3.13. The van der Waals surface area contributed by atoms with Gasteiger partial charge in [-0.25, -0.2) is 9.97 Å². The van der Waals surface area contributed by atoms with E-state index in [0.717, 1.165) is 22.8 Å². The van der Waals surface area contributed by atoms with Gasteiger partial charge in [0.1, 0.15) is 5.82 Å². The number of anilines is 1. The Labute approximate surface area is 124 Å². The zero-order valence-corrected chi connectivity index (χ0v) is 12.6. The number of rotatable bonds is 5. The van der Waals surface area contributed by atoms with Crippen molar-refractivity contribution in [1.29, 1.82) is 0 Å². The lowest BCUT2D eigenvalue weighted by Crippen LogP contribution is -2.19. The third-order valence-electron chi connectivity index (χ3n) is 3.13. The van der Waals surface area contributed by atoms with Crippen molar-refractivity contribution in [2.75, 3.05) is 5.32 Å². The van der Waals surface area contributed by atoms with Gasteiger partial charge in [0.25, 0.3) is 0 Å². The molecule has 1 unspecified atom stereocenters. The van der Waals surface area contributed by atoms with Gasteiger partial charge in [0, 0.05) is 31.4 Å². The Morgan fingerprint density at radius 3 is 2.86 bits per heavy atom. The molecule has 0 radical (unpaired) electrons. The Kier molecular flexibility index (Phi) is 5.00. The Balaban J connectivity index is 1.99. The van der Waals surface area contributed by atoms with E-state index >= 15 is 0 Å². The summed E-state index contributed by atoms with van der Waals surface area (Å²) in [6.07, 6.45) is 1.77. The van der Waals surface area contributed by atoms with Crippen molar-refractivity contribution in [3.05, 3.63) is 53.6 Å². The first-order valence-electron chi connectivity index (χ1n) is 6.94. The minimum Gasteiger partial charge on any atom is -0.326 e. The summed E-state index contributed by atoms with van der Waals surface area (Å²) in [6.45, 7) is 6.14. The fraction of sp³-hybridized carbons (Fsp3) is 0.312. The lowest BCUT2D eigenvalue weighted by atomic mass is 10.1. The molecule has 1 heterocycles. The first-order valence-corrected chi connectivity index (χ1v) is 6.94. The standard InChI is InChI=1S/C16H20N4O/c1-11(18-10-16-7-8-17-12(2)19-16)14-5-4-6-15(9-14)20-13(3)21/h4-9,11,18H,10H2,1-3H3,(H,20,21). The van der Waals surface area contributed by atoms with E-state index in [0.29, 0.717) is 6.54 Å². The van der Waals surface area contributed by atoms with Crippen LogP contribution in [-0.2, 0) is 11.3 Å². The van der Waals surface area contributed by atoms with Gasteiger partial charge in [0.05, 0.1) is 5.69 Å². The van der Waals surface area contributed by atoms with Crippen molar-refractivity contribution in [3.8, 4) is 0 Å². The molecular weight excluding hydrogens is 264 g/mol. The van der Waals surface area contributed by atoms with Gasteiger partial charge in [-0.05, 0) is 37.6 Å². The average molecular weight is 284 g/mol. The lowest BCUT2D eigenvalue weighted by Gasteiger charge is -2.15. The molecule has 5 nitrogen and oxygen atoms in total. The maximum absolute atomic E-state index is 11.1. The van der Waals surface area contributed by atoms with Crippen molar-refractivity contribution in [3.63, 3.8) is 0 Å². The van der Waals surface area contributed by atoms with Gasteiger partial charge in [-0.15, -0.1) is 0 Å². The summed E-state index contributed by atoms with van der Waals surface area (Å²) >= 11 is 0. The highest BCUT2D eigenvalue weighted by Gasteiger charge is 2.07. The molecule has 1 aromatic heterocycles. The van der Waals surface area contributed by atoms with E-state index in [9.17, 15) is 4.79 Å². The lowest BCUT2D eigenvalue weighted by molar-refractivity contribution is -0.114. The van der Waals surface area contributed by atoms with Crippen LogP contribution >= 0.6 is 0 Å². The van der Waals surface area contributed by atoms with Crippen molar-refractivity contribution < 1.29 is 4.79 Å². The monoisotopic (exact) mass is 284 g/mol. The highest BCUT2D eigenvalue weighted by atomic mass is 16.1. The number of nitrogens with zero attached hydrogens (tertiary/aromatic N) is 2. The molecule has 2 N–H and O–H groups in total. The summed E-state index contributed by atoms with van der Waals surface area (Å²) in [5.74, 6) is 0.707. The number of benzene rings is 1. The number of hydrogen-bond donors (Lipinski definition) is 2. The van der Waals surface area contributed by atoms with Crippen LogP contribution in [0.5, 0.6) is 0 Å². The van der Waals surface area contributed by atoms with E-state index in [-0.39, 0.29) is 11.9 Å². The highest BCUT2D eigenvalue weighted by molar-refractivity contribution is 5.88. The van der Waals surface area contributed by atoms with Crippen molar-refractivity contribution >= 4 is 11.6 Å². The van der Waals surface area contributed by atoms with Crippen LogP contribution in [0.4, 0.5) is 5.69 Å². The van der Waals surface area contributed by atoms with Crippen LogP contribution in [0.25, 0.3) is 0 Å². The molecule has 21 heavy (non-hydrogen) atoms. The Morgan fingerprint density at radius 1 is 1.33 bits per heavy atom. The molecule has 5 heteroatoms. The number of hydrogen-bond acceptors (Lipinski definition) is 4. The number of nitrogens with one attached hydrogen (secondary N) is 2. The van der Waals surface area contributed by atoms with Gasteiger partial charge in [-0.1, -0.05) is 12.1 Å². The summed E-state index contributed by atoms with van der Waals surface area (Å²) in [5, 5.41) is 6.21. The maximum Gasteiger partial charge on any atom is 0.221 e. The van der Waals surface area contributed by atoms with Crippen LogP contribution in [0.1, 0.15) is 37.0 Å². The molecule has 0 aliphatic heterocycles. The van der Waals surface area contributed by atoms with Crippen LogP contribution in [0.2, 0.25) is 0 Å². The molecule has 1 amide bonds. The fourth-order valence-corrected chi connectivity index (χ4v) is 2.07. The fourth-order valence-electron chi connectivity index (χ4n) is 2.07. The summed E-state index contributed by atoms with van der Waals surface area (Å²) in [6, 6.07) is 9.90. The van der Waals surface area contributed by atoms with Crippen LogP contribution in [0, 0.1) is 6.92 Å². The van der Waals surface area contributed by atoms with Crippen LogP contribution in [0.15, 0.2) is 36.5 Å². The molecule has 0 spiro atoms. The predicted octanol–water partition coefficient (Wildman–Crippen LogP) is 2.59. The van der Waals surface area contributed by atoms with Crippen molar-refractivity contribution in [1.82, 2.24) is 15.3 Å². The van der Waals surface area contributed by atoms with Gasteiger partial charge in [0.15, 0.2) is 0 Å². The average Bonchev–Trinajstić information content (AvgIpc) is 2.44. The zero-order chi connectivity index (χ0) is 15.2. The Hall–Kier alpha value is -2.27. The number of aromatic nitrogens is 2. The summed E-state index contributed by atoms with van der Waals surface area (Å²) < 4.78 is 0. The minimum atomic E-state index is -0.0655. The van der Waals surface area contributed by atoms with Gasteiger partial charge in [-0.3, -0.25) is 4.79 Å². The zero-order valence-electron chi connectivity index (χ0n) is 12.6. The molecule has 2 aromatic rings. The van der Waals surface area contributed by atoms with Crippen molar-refractivity contribution in [2.45, 2.75) is 33.4 Å². The van der Waals surface area contributed by atoms with E-state index in [1.54, 1.807) is 6.20 Å². The van der Waals surface area contributed by atoms with Gasteiger partial charge < -0.3 is 10.6 Å². The molecule has 0 saturated carbocycles. The Bertz CT molecular complexity index is 627. The van der Waals surface area contributed by atoms with E-state index < -0.39 is 0 Å². The van der Waals surface area contributed by atoms with Crippen LogP contribution in [-0.4, -0.2) is 15.9 Å². The highest BCUT2D eigenvalue weighted by Crippen LogP contribution is 2.17. The smallest absolute Gasteiger partial charge is 0.221 e. The molecule has 110 valence electrons. The predicted molar refractivity (Wildman–Crippen MR) is 82.8 cm³/mol. The number of aryl methyl sites for hydroxylation is 1. The quantitative estimate of drug-likeness (QED) is 0.885. The minimum absolute atomic E-state index is 0.0655. The van der Waals surface area contributed by atoms with E-state index in [1.165, 1.54) is 6.92 Å². The Morgan fingerprint density at radius 2 is 2.14 bits per heavy atom. The van der Waals surface area contributed by atoms with Crippen LogP contribution in [0.3, 0.4) is 0 Å². The molecular formula is C16H20N4O. The number of amides is 1. The van der Waals surface area contributed by atoms with Gasteiger partial charge in [-0.2, -0.15) is 0 Å². The summed E-state index contributed by atoms with van der Waals surface area (Å²) in [4.78, 5) is 19.5. The van der Waals surface area contributed by atoms with E-state index in [1.807, 2.05) is 37.3 Å². The van der Waals surface area contributed by atoms with Crippen molar-refractivity contribution in [2.24, 2.45) is 0 Å². The van der Waals surface area contributed by atoms with Gasteiger partial charge in [0.2, 0.25) is 5.91 Å². The van der Waals surface area contributed by atoms with Gasteiger partial charge >= 0.3 is 0 Å². The van der Waals surface area contributed by atoms with E-state index in [2.05, 4.69) is 27.5 Å². The van der Waals surface area contributed by atoms with E-state index in [4.69, 9.17) is 0 Å². The maximum atomic E-state index is 11.1. The largest absolute Gasteiger partial charge is 0.326 e. The normalized spacial score (nSPS) is 12.0. The summed E-state index contributed by atoms with van der Waals surface area (Å²) in [5.41, 5.74) is 2.89. The second-order valence-electron chi connectivity index (χ2n) is 5.00. The molecule has 0 fully saturated rings. The number of carbonyl (C=O) groups is 1. The molecule has 0 aliphatic rings. The molecule has 0 bridgehead atoms. The summed E-state index contributed by atoms with van der Waals surface area (Å²) in [7, 11) is 0. The first kappa shape index (κ1) is 15.1.